The molecule has 1 aromatic carbocycles. The van der Waals surface area contributed by atoms with E-state index < -0.39 is 0 Å². The summed E-state index contributed by atoms with van der Waals surface area (Å²) in [4.78, 5) is 8.44. The molecule has 0 radical (unpaired) electrons. The van der Waals surface area contributed by atoms with Crippen LogP contribution in [0.3, 0.4) is 0 Å². The number of halogens is 2. The largest absolute Gasteiger partial charge is 0.367 e. The molecule has 82 valence electrons. The van der Waals surface area contributed by atoms with E-state index in [2.05, 4.69) is 31.2 Å². The van der Waals surface area contributed by atoms with E-state index in [1.807, 2.05) is 18.2 Å². The Hall–Kier alpha value is -0.870. The smallest absolute Gasteiger partial charge is 0.224 e. The normalized spacial score (nSPS) is 15.4. The first-order chi connectivity index (χ1) is 7.72. The number of anilines is 1. The minimum absolute atomic E-state index is 0.290. The molecule has 0 bridgehead atoms. The summed E-state index contributed by atoms with van der Waals surface area (Å²) in [5, 5.41) is 4.67. The average molecular weight is 299 g/mol. The van der Waals surface area contributed by atoms with Crippen LogP contribution in [0.1, 0.15) is 12.8 Å². The average Bonchev–Trinajstić information content (AvgIpc) is 3.03. The van der Waals surface area contributed by atoms with Crippen molar-refractivity contribution in [2.45, 2.75) is 18.9 Å². The number of nitrogens with zero attached hydrogens (tertiary/aromatic N) is 2. The van der Waals surface area contributed by atoms with Crippen molar-refractivity contribution in [3.05, 3.63) is 28.0 Å². The molecule has 16 heavy (non-hydrogen) atoms. The molecule has 2 aromatic rings. The van der Waals surface area contributed by atoms with E-state index in [1.165, 1.54) is 12.8 Å². The Labute approximate surface area is 106 Å². The lowest BCUT2D eigenvalue weighted by molar-refractivity contribution is 1.10. The molecule has 0 spiro atoms. The van der Waals surface area contributed by atoms with Crippen LogP contribution < -0.4 is 5.32 Å². The zero-order valence-electron chi connectivity index (χ0n) is 8.37. The lowest BCUT2D eigenvalue weighted by Gasteiger charge is -2.08. The Morgan fingerprint density at radius 3 is 2.88 bits per heavy atom. The lowest BCUT2D eigenvalue weighted by Crippen LogP contribution is -2.04. The van der Waals surface area contributed by atoms with Gasteiger partial charge < -0.3 is 5.32 Å². The molecule has 0 amide bonds. The topological polar surface area (TPSA) is 37.8 Å². The van der Waals surface area contributed by atoms with Gasteiger partial charge in [-0.15, -0.1) is 0 Å². The summed E-state index contributed by atoms with van der Waals surface area (Å²) in [6.45, 7) is 0. The van der Waals surface area contributed by atoms with Gasteiger partial charge in [-0.1, -0.05) is 15.9 Å². The van der Waals surface area contributed by atoms with Gasteiger partial charge in [-0.25, -0.2) is 9.97 Å². The Morgan fingerprint density at radius 1 is 1.31 bits per heavy atom. The van der Waals surface area contributed by atoms with Crippen molar-refractivity contribution >= 4 is 44.3 Å². The van der Waals surface area contributed by atoms with Crippen LogP contribution >= 0.6 is 27.5 Å². The third-order valence-electron chi connectivity index (χ3n) is 2.55. The fourth-order valence-electron chi connectivity index (χ4n) is 1.60. The van der Waals surface area contributed by atoms with Crippen LogP contribution in [-0.4, -0.2) is 16.0 Å². The number of hydrogen-bond donors (Lipinski definition) is 1. The molecule has 0 unspecified atom stereocenters. The Bertz CT molecular complexity index is 554. The molecule has 1 aromatic heterocycles. The number of rotatable bonds is 2. The van der Waals surface area contributed by atoms with Gasteiger partial charge in [0, 0.05) is 15.9 Å². The van der Waals surface area contributed by atoms with Crippen LogP contribution in [0, 0.1) is 0 Å². The van der Waals surface area contributed by atoms with Crippen LogP contribution in [0.4, 0.5) is 5.82 Å². The Balaban J connectivity index is 2.18. The molecule has 3 nitrogen and oxygen atoms in total. The van der Waals surface area contributed by atoms with Gasteiger partial charge in [0.25, 0.3) is 0 Å². The molecule has 1 aliphatic rings. The van der Waals surface area contributed by atoms with E-state index >= 15 is 0 Å². The van der Waals surface area contributed by atoms with E-state index in [4.69, 9.17) is 11.6 Å². The highest BCUT2D eigenvalue weighted by molar-refractivity contribution is 9.10. The number of hydrogen-bond acceptors (Lipinski definition) is 3. The van der Waals surface area contributed by atoms with Crippen LogP contribution in [-0.2, 0) is 0 Å². The van der Waals surface area contributed by atoms with E-state index in [9.17, 15) is 0 Å². The second-order valence-electron chi connectivity index (χ2n) is 3.92. The third-order valence-corrected chi connectivity index (χ3v) is 3.21. The van der Waals surface area contributed by atoms with E-state index in [-0.39, 0.29) is 5.28 Å². The van der Waals surface area contributed by atoms with Gasteiger partial charge in [0.05, 0.1) is 5.52 Å². The summed E-state index contributed by atoms with van der Waals surface area (Å²) in [6.07, 6.45) is 2.41. The second-order valence-corrected chi connectivity index (χ2v) is 5.18. The first-order valence-corrected chi connectivity index (χ1v) is 6.29. The molecule has 0 saturated heterocycles. The van der Waals surface area contributed by atoms with Gasteiger partial charge in [-0.2, -0.15) is 0 Å². The molecule has 0 aliphatic heterocycles. The van der Waals surface area contributed by atoms with E-state index in [0.717, 1.165) is 21.2 Å². The lowest BCUT2D eigenvalue weighted by atomic mass is 10.2. The highest BCUT2D eigenvalue weighted by Gasteiger charge is 2.22. The monoisotopic (exact) mass is 297 g/mol. The fraction of sp³-hybridized carbons (Fsp3) is 0.273. The standard InChI is InChI=1S/C11H9BrClN3/c12-6-1-4-9-8(5-6)10(14-7-2-3-7)16-11(13)15-9/h1,4-5,7H,2-3H2,(H,14,15,16). The zero-order valence-corrected chi connectivity index (χ0v) is 10.7. The van der Waals surface area contributed by atoms with Gasteiger partial charge in [0.15, 0.2) is 0 Å². The van der Waals surface area contributed by atoms with Crippen molar-refractivity contribution in [2.24, 2.45) is 0 Å². The molecule has 1 aliphatic carbocycles. The number of nitrogens with one attached hydrogen (secondary N) is 1. The summed E-state index contributed by atoms with van der Waals surface area (Å²) in [6, 6.07) is 6.45. The SMILES string of the molecule is Clc1nc(NC2CC2)c2cc(Br)ccc2n1. The van der Waals surface area contributed by atoms with Crippen molar-refractivity contribution in [3.63, 3.8) is 0 Å². The van der Waals surface area contributed by atoms with E-state index in [0.29, 0.717) is 6.04 Å². The molecule has 1 heterocycles. The number of fused-ring (bicyclic) bond motifs is 1. The van der Waals surface area contributed by atoms with Gasteiger partial charge in [0.2, 0.25) is 5.28 Å². The van der Waals surface area contributed by atoms with Gasteiger partial charge in [-0.3, -0.25) is 0 Å². The highest BCUT2D eigenvalue weighted by atomic mass is 79.9. The maximum atomic E-state index is 5.89. The minimum Gasteiger partial charge on any atom is -0.367 e. The quantitative estimate of drug-likeness (QED) is 0.861. The van der Waals surface area contributed by atoms with Gasteiger partial charge in [0.1, 0.15) is 5.82 Å². The molecular weight excluding hydrogens is 289 g/mol. The molecule has 1 N–H and O–H groups in total. The van der Waals surface area contributed by atoms with Crippen molar-refractivity contribution in [1.82, 2.24) is 9.97 Å². The van der Waals surface area contributed by atoms with Crippen molar-refractivity contribution in [1.29, 1.82) is 0 Å². The van der Waals surface area contributed by atoms with Crippen LogP contribution in [0.5, 0.6) is 0 Å². The summed E-state index contributed by atoms with van der Waals surface area (Å²) in [5.41, 5.74) is 0.867. The molecule has 3 rings (SSSR count). The minimum atomic E-state index is 0.290. The molecule has 1 fully saturated rings. The summed E-state index contributed by atoms with van der Waals surface area (Å²) < 4.78 is 1.02. The maximum absolute atomic E-state index is 5.89. The first kappa shape index (κ1) is 10.3. The fourth-order valence-corrected chi connectivity index (χ4v) is 2.14. The third kappa shape index (κ3) is 1.99. The summed E-state index contributed by atoms with van der Waals surface area (Å²) in [7, 11) is 0. The van der Waals surface area contributed by atoms with Crippen LogP contribution in [0.2, 0.25) is 5.28 Å². The highest BCUT2D eigenvalue weighted by Crippen LogP contribution is 2.30. The molecule has 1 saturated carbocycles. The van der Waals surface area contributed by atoms with Crippen molar-refractivity contribution in [2.75, 3.05) is 5.32 Å². The maximum Gasteiger partial charge on any atom is 0.224 e. The molecular formula is C11H9BrClN3. The molecule has 5 heteroatoms. The predicted octanol–water partition coefficient (Wildman–Crippen LogP) is 3.62. The summed E-state index contributed by atoms with van der Waals surface area (Å²) >= 11 is 9.34. The van der Waals surface area contributed by atoms with Crippen molar-refractivity contribution in [3.8, 4) is 0 Å². The molecule has 0 atom stereocenters. The Morgan fingerprint density at radius 2 is 2.12 bits per heavy atom. The Kier molecular flexibility index (Phi) is 2.48. The summed E-state index contributed by atoms with van der Waals surface area (Å²) in [5.74, 6) is 0.832. The number of aromatic nitrogens is 2. The predicted molar refractivity (Wildman–Crippen MR) is 68.9 cm³/mol. The van der Waals surface area contributed by atoms with Crippen molar-refractivity contribution < 1.29 is 0 Å². The number of benzene rings is 1. The van der Waals surface area contributed by atoms with E-state index in [1.54, 1.807) is 0 Å². The van der Waals surface area contributed by atoms with Gasteiger partial charge >= 0.3 is 0 Å². The van der Waals surface area contributed by atoms with Crippen LogP contribution in [0.15, 0.2) is 22.7 Å². The van der Waals surface area contributed by atoms with Gasteiger partial charge in [-0.05, 0) is 42.6 Å². The van der Waals surface area contributed by atoms with Crippen LogP contribution in [0.25, 0.3) is 10.9 Å². The zero-order chi connectivity index (χ0) is 11.1. The first-order valence-electron chi connectivity index (χ1n) is 5.12. The second kappa shape index (κ2) is 3.86.